The van der Waals surface area contributed by atoms with Crippen molar-refractivity contribution in [1.29, 1.82) is 0 Å². The van der Waals surface area contributed by atoms with Crippen LogP contribution in [0.3, 0.4) is 0 Å². The highest BCUT2D eigenvalue weighted by Crippen LogP contribution is 2.32. The molecular weight excluding hydrogens is 492 g/mol. The zero-order chi connectivity index (χ0) is 27.2. The summed E-state index contributed by atoms with van der Waals surface area (Å²) >= 11 is 0. The molecule has 0 aliphatic heterocycles. The second kappa shape index (κ2) is 12.1. The Hall–Kier alpha value is -3.63. The van der Waals surface area contributed by atoms with Crippen LogP contribution >= 0.6 is 0 Å². The fourth-order valence-electron chi connectivity index (χ4n) is 3.88. The van der Waals surface area contributed by atoms with Gasteiger partial charge in [0.25, 0.3) is 0 Å². The lowest BCUT2D eigenvalue weighted by molar-refractivity contribution is -0.140. The Bertz CT molecular complexity index is 1210. The number of carbonyl (C=O) groups excluding carboxylic acids is 1. The minimum atomic E-state index is -4.82. The van der Waals surface area contributed by atoms with E-state index in [0.29, 0.717) is 23.6 Å². The molecule has 2 unspecified atom stereocenters. The molecular formula is C27H28F4N2O4. The molecule has 0 spiro atoms. The van der Waals surface area contributed by atoms with Gasteiger partial charge >= 0.3 is 6.18 Å². The summed E-state index contributed by atoms with van der Waals surface area (Å²) in [5, 5.41) is 35.2. The van der Waals surface area contributed by atoms with E-state index in [9.17, 15) is 37.7 Å². The molecule has 10 heteroatoms. The molecule has 1 amide bonds. The Morgan fingerprint density at radius 3 is 2.30 bits per heavy atom. The number of halogens is 4. The number of rotatable bonds is 10. The van der Waals surface area contributed by atoms with E-state index >= 15 is 0 Å². The topological polar surface area (TPSA) is 102 Å². The lowest BCUT2D eigenvalue weighted by Gasteiger charge is -2.18. The summed E-state index contributed by atoms with van der Waals surface area (Å²) in [6.07, 6.45) is -5.16. The van der Waals surface area contributed by atoms with Crippen LogP contribution in [0.4, 0.5) is 17.6 Å². The number of aromatic hydroxyl groups is 2. The Balaban J connectivity index is 1.50. The molecule has 0 aliphatic rings. The fourth-order valence-corrected chi connectivity index (χ4v) is 3.88. The normalized spacial score (nSPS) is 13.2. The van der Waals surface area contributed by atoms with Crippen LogP contribution < -0.4 is 10.6 Å². The lowest BCUT2D eigenvalue weighted by Crippen LogP contribution is -2.32. The smallest absolute Gasteiger partial charge is 0.419 e. The quantitative estimate of drug-likeness (QED) is 0.256. The fraction of sp³-hybridized carbons (Fsp3) is 0.296. The van der Waals surface area contributed by atoms with Crippen LogP contribution in [-0.2, 0) is 30.4 Å². The Morgan fingerprint density at radius 1 is 0.946 bits per heavy atom. The van der Waals surface area contributed by atoms with Crippen LogP contribution in [0.15, 0.2) is 60.7 Å². The van der Waals surface area contributed by atoms with Gasteiger partial charge in [0, 0.05) is 25.2 Å². The molecule has 0 fully saturated rings. The summed E-state index contributed by atoms with van der Waals surface area (Å²) in [7, 11) is 0. The standard InChI is InChI=1S/C27H28F4N2O4/c1-16(32-15-25(36)20-11-21(34)13-22(35)12-20)7-17-3-2-4-18(8-17)10-26(37)33-14-19-5-6-24(28)23(9-19)27(29,30)31/h2-6,8-9,11-13,16,25,32,34-36H,7,10,14-15H2,1H3,(H,33,37). The second-order valence-electron chi connectivity index (χ2n) is 8.90. The van der Waals surface area contributed by atoms with Crippen molar-refractivity contribution in [3.8, 4) is 11.5 Å². The molecule has 2 atom stereocenters. The molecule has 0 saturated heterocycles. The van der Waals surface area contributed by atoms with Gasteiger partial charge in [-0.1, -0.05) is 30.3 Å². The highest BCUT2D eigenvalue weighted by molar-refractivity contribution is 5.78. The molecule has 0 saturated carbocycles. The van der Waals surface area contributed by atoms with Crippen LogP contribution in [0.2, 0.25) is 0 Å². The van der Waals surface area contributed by atoms with Gasteiger partial charge in [0.2, 0.25) is 5.91 Å². The van der Waals surface area contributed by atoms with Gasteiger partial charge in [0.05, 0.1) is 18.1 Å². The van der Waals surface area contributed by atoms with E-state index in [2.05, 4.69) is 10.6 Å². The summed E-state index contributed by atoms with van der Waals surface area (Å²) in [6, 6.07) is 13.8. The average molecular weight is 521 g/mol. The number of alkyl halides is 3. The van der Waals surface area contributed by atoms with Crippen molar-refractivity contribution in [2.45, 2.75) is 44.6 Å². The third kappa shape index (κ3) is 8.47. The van der Waals surface area contributed by atoms with Crippen molar-refractivity contribution < 1.29 is 37.7 Å². The van der Waals surface area contributed by atoms with Crippen molar-refractivity contribution in [2.75, 3.05) is 6.54 Å². The number of nitrogens with one attached hydrogen (secondary N) is 2. The number of hydrogen-bond donors (Lipinski definition) is 5. The molecule has 37 heavy (non-hydrogen) atoms. The number of benzene rings is 3. The summed E-state index contributed by atoms with van der Waals surface area (Å²) in [6.45, 7) is 1.94. The van der Waals surface area contributed by atoms with Crippen molar-refractivity contribution in [2.24, 2.45) is 0 Å². The highest BCUT2D eigenvalue weighted by atomic mass is 19.4. The number of carbonyl (C=O) groups is 1. The van der Waals surface area contributed by atoms with Crippen LogP contribution in [-0.4, -0.2) is 33.8 Å². The van der Waals surface area contributed by atoms with Gasteiger partial charge in [-0.3, -0.25) is 4.79 Å². The van der Waals surface area contributed by atoms with Crippen molar-refractivity contribution in [3.63, 3.8) is 0 Å². The van der Waals surface area contributed by atoms with Gasteiger partial charge in [-0.25, -0.2) is 4.39 Å². The van der Waals surface area contributed by atoms with Crippen LogP contribution in [0.25, 0.3) is 0 Å². The van der Waals surface area contributed by atoms with Crippen LogP contribution in [0.5, 0.6) is 11.5 Å². The van der Waals surface area contributed by atoms with E-state index in [1.54, 1.807) is 12.1 Å². The van der Waals surface area contributed by atoms with E-state index in [4.69, 9.17) is 0 Å². The number of aliphatic hydroxyl groups excluding tert-OH is 1. The summed E-state index contributed by atoms with van der Waals surface area (Å²) in [4.78, 5) is 12.3. The number of phenolic OH excluding ortho intramolecular Hbond substituents is 2. The lowest BCUT2D eigenvalue weighted by atomic mass is 10.0. The maximum atomic E-state index is 13.4. The Morgan fingerprint density at radius 2 is 1.62 bits per heavy atom. The van der Waals surface area contributed by atoms with E-state index in [1.807, 2.05) is 19.1 Å². The molecule has 0 aliphatic carbocycles. The van der Waals surface area contributed by atoms with E-state index in [-0.39, 0.29) is 42.6 Å². The van der Waals surface area contributed by atoms with Gasteiger partial charge in [-0.05, 0) is 59.9 Å². The van der Waals surface area contributed by atoms with E-state index in [0.717, 1.165) is 11.6 Å². The number of aliphatic hydroxyl groups is 1. The first-order valence-corrected chi connectivity index (χ1v) is 11.5. The van der Waals surface area contributed by atoms with E-state index in [1.165, 1.54) is 24.3 Å². The van der Waals surface area contributed by atoms with Gasteiger partial charge in [-0.2, -0.15) is 13.2 Å². The predicted octanol–water partition coefficient (Wildman–Crippen LogP) is 4.37. The van der Waals surface area contributed by atoms with Crippen molar-refractivity contribution in [3.05, 3.63) is 94.3 Å². The van der Waals surface area contributed by atoms with Gasteiger partial charge in [-0.15, -0.1) is 0 Å². The maximum absolute atomic E-state index is 13.4. The molecule has 198 valence electrons. The van der Waals surface area contributed by atoms with Gasteiger partial charge in [0.15, 0.2) is 0 Å². The first-order chi connectivity index (χ1) is 17.4. The zero-order valence-corrected chi connectivity index (χ0v) is 20.0. The summed E-state index contributed by atoms with van der Waals surface area (Å²) in [5.41, 5.74) is 0.789. The molecule has 0 bridgehead atoms. The molecule has 0 aromatic heterocycles. The Kier molecular flexibility index (Phi) is 9.12. The summed E-state index contributed by atoms with van der Waals surface area (Å²) in [5.74, 6) is -2.05. The van der Waals surface area contributed by atoms with Crippen molar-refractivity contribution in [1.82, 2.24) is 10.6 Å². The van der Waals surface area contributed by atoms with Crippen LogP contribution in [0.1, 0.15) is 40.8 Å². The third-order valence-corrected chi connectivity index (χ3v) is 5.69. The SMILES string of the molecule is CC(Cc1cccc(CC(=O)NCc2ccc(F)c(C(F)(F)F)c2)c1)NCC(O)c1cc(O)cc(O)c1. The first-order valence-electron chi connectivity index (χ1n) is 11.5. The van der Waals surface area contributed by atoms with Gasteiger partial charge in [0.1, 0.15) is 17.3 Å². The van der Waals surface area contributed by atoms with Crippen molar-refractivity contribution >= 4 is 5.91 Å². The Labute approximate surface area is 211 Å². The van der Waals surface area contributed by atoms with Crippen LogP contribution in [0, 0.1) is 5.82 Å². The molecule has 0 heterocycles. The first kappa shape index (κ1) is 27.9. The number of amides is 1. The third-order valence-electron chi connectivity index (χ3n) is 5.69. The molecule has 3 aromatic rings. The molecule has 6 nitrogen and oxygen atoms in total. The molecule has 3 aromatic carbocycles. The summed E-state index contributed by atoms with van der Waals surface area (Å²) < 4.78 is 52.1. The largest absolute Gasteiger partial charge is 0.508 e. The minimum Gasteiger partial charge on any atom is -0.508 e. The van der Waals surface area contributed by atoms with Gasteiger partial charge < -0.3 is 26.0 Å². The monoisotopic (exact) mass is 520 g/mol. The maximum Gasteiger partial charge on any atom is 0.419 e. The molecule has 5 N–H and O–H groups in total. The number of phenols is 2. The number of hydrogen-bond acceptors (Lipinski definition) is 5. The average Bonchev–Trinajstić information content (AvgIpc) is 2.81. The van der Waals surface area contributed by atoms with E-state index < -0.39 is 29.6 Å². The second-order valence-corrected chi connectivity index (χ2v) is 8.90. The highest BCUT2D eigenvalue weighted by Gasteiger charge is 2.34. The predicted molar refractivity (Wildman–Crippen MR) is 129 cm³/mol. The zero-order valence-electron chi connectivity index (χ0n) is 20.0. The molecule has 3 rings (SSSR count). The molecule has 0 radical (unpaired) electrons. The minimum absolute atomic E-state index is 0.0165.